The normalized spacial score (nSPS) is 17.0. The first kappa shape index (κ1) is 25.3. The summed E-state index contributed by atoms with van der Waals surface area (Å²) in [7, 11) is 0. The minimum absolute atomic E-state index is 0.0359. The molecule has 1 aromatic carbocycles. The number of allylic oxidation sites excluding steroid dienone is 2. The van der Waals surface area contributed by atoms with Gasteiger partial charge in [0.25, 0.3) is 5.69 Å². The van der Waals surface area contributed by atoms with Crippen LogP contribution in [0.4, 0.5) is 5.69 Å². The maximum atomic E-state index is 11.1. The number of carboxylic acids is 2. The molecule has 0 amide bonds. The lowest BCUT2D eigenvalue weighted by Gasteiger charge is -2.23. The van der Waals surface area contributed by atoms with Crippen molar-refractivity contribution in [2.75, 3.05) is 0 Å². The number of fused-ring (bicyclic) bond motifs is 1. The van der Waals surface area contributed by atoms with Gasteiger partial charge in [0.2, 0.25) is 0 Å². The SMILES string of the molecule is CC(C)c1cccc(Cn2ncc3c([N+](=O)[O-])cccc32)n1.CC1(C(=O)O)C=CC=C(C(=O)O)C1. The zero-order valence-electron chi connectivity index (χ0n) is 19.6. The van der Waals surface area contributed by atoms with Gasteiger partial charge in [-0.1, -0.05) is 44.2 Å². The van der Waals surface area contributed by atoms with Crippen molar-refractivity contribution in [3.63, 3.8) is 0 Å². The Labute approximate surface area is 201 Å². The number of rotatable bonds is 6. The van der Waals surface area contributed by atoms with Crippen molar-refractivity contribution in [1.29, 1.82) is 0 Å². The van der Waals surface area contributed by atoms with Crippen LogP contribution in [0, 0.1) is 15.5 Å². The number of nitrogens with zero attached hydrogens (tertiary/aromatic N) is 4. The number of nitro benzene ring substituents is 1. The standard InChI is InChI=1S/C16H16N4O2.C9H10O4/c1-11(2)14-6-3-5-12(18-14)10-19-15-7-4-8-16(20(21)22)13(15)9-17-19;1-9(8(12)13)4-2-3-6(5-9)7(10)11/h3-9,11H,10H2,1-2H3;2-4H,5H2,1H3,(H,10,11)(H,12,13). The molecule has 10 heteroatoms. The Morgan fingerprint density at radius 3 is 2.54 bits per heavy atom. The minimum Gasteiger partial charge on any atom is -0.481 e. The van der Waals surface area contributed by atoms with Crippen LogP contribution in [0.25, 0.3) is 10.9 Å². The Balaban J connectivity index is 0.000000225. The van der Waals surface area contributed by atoms with Crippen LogP contribution >= 0.6 is 0 Å². The van der Waals surface area contributed by atoms with Gasteiger partial charge >= 0.3 is 11.9 Å². The number of aromatic nitrogens is 3. The lowest BCUT2D eigenvalue weighted by Crippen LogP contribution is -2.28. The topological polar surface area (TPSA) is 148 Å². The summed E-state index contributed by atoms with van der Waals surface area (Å²) in [4.78, 5) is 36.6. The highest BCUT2D eigenvalue weighted by molar-refractivity contribution is 5.90. The van der Waals surface area contributed by atoms with Crippen LogP contribution in [0.5, 0.6) is 0 Å². The van der Waals surface area contributed by atoms with E-state index >= 15 is 0 Å². The molecule has 2 N–H and O–H groups in total. The summed E-state index contributed by atoms with van der Waals surface area (Å²) in [6.07, 6.45) is 5.98. The molecule has 1 atom stereocenters. The molecule has 182 valence electrons. The van der Waals surface area contributed by atoms with Crippen LogP contribution in [0.3, 0.4) is 0 Å². The van der Waals surface area contributed by atoms with Crippen molar-refractivity contribution >= 4 is 28.5 Å². The fourth-order valence-electron chi connectivity index (χ4n) is 3.62. The highest BCUT2D eigenvalue weighted by Crippen LogP contribution is 2.31. The molecule has 1 aliphatic carbocycles. The molecule has 0 bridgehead atoms. The predicted octanol–water partition coefficient (Wildman–Crippen LogP) is 4.56. The summed E-state index contributed by atoms with van der Waals surface area (Å²) in [5.74, 6) is -1.71. The highest BCUT2D eigenvalue weighted by Gasteiger charge is 2.34. The minimum atomic E-state index is -1.08. The number of carbonyl (C=O) groups is 2. The number of benzene rings is 1. The molecule has 0 fully saturated rings. The van der Waals surface area contributed by atoms with Gasteiger partial charge in [0.05, 0.1) is 39.7 Å². The molecule has 10 nitrogen and oxygen atoms in total. The fraction of sp³-hybridized carbons (Fsp3) is 0.280. The molecule has 1 aliphatic rings. The third kappa shape index (κ3) is 5.78. The molecule has 0 aliphatic heterocycles. The molecule has 2 aromatic heterocycles. The fourth-order valence-corrected chi connectivity index (χ4v) is 3.62. The molecule has 0 saturated carbocycles. The summed E-state index contributed by atoms with van der Waals surface area (Å²) < 4.78 is 1.74. The number of non-ortho nitro benzene ring substituents is 1. The summed E-state index contributed by atoms with van der Waals surface area (Å²) in [5.41, 5.74) is 1.79. The van der Waals surface area contributed by atoms with E-state index in [1.165, 1.54) is 31.2 Å². The van der Waals surface area contributed by atoms with Crippen molar-refractivity contribution in [1.82, 2.24) is 14.8 Å². The molecule has 4 rings (SSSR count). The lowest BCUT2D eigenvalue weighted by atomic mass is 9.80. The number of hydrogen-bond donors (Lipinski definition) is 2. The molecule has 1 unspecified atom stereocenters. The van der Waals surface area contributed by atoms with E-state index in [4.69, 9.17) is 10.2 Å². The molecule has 0 saturated heterocycles. The largest absolute Gasteiger partial charge is 0.481 e. The van der Waals surface area contributed by atoms with Crippen molar-refractivity contribution in [2.24, 2.45) is 5.41 Å². The lowest BCUT2D eigenvalue weighted by molar-refractivity contribution is -0.383. The van der Waals surface area contributed by atoms with Crippen LogP contribution in [-0.2, 0) is 16.1 Å². The van der Waals surface area contributed by atoms with Crippen molar-refractivity contribution in [3.05, 3.63) is 87.9 Å². The number of hydrogen-bond acceptors (Lipinski definition) is 6. The van der Waals surface area contributed by atoms with Gasteiger partial charge in [-0.25, -0.2) is 4.79 Å². The Morgan fingerprint density at radius 2 is 1.91 bits per heavy atom. The van der Waals surface area contributed by atoms with Gasteiger partial charge < -0.3 is 10.2 Å². The van der Waals surface area contributed by atoms with Gasteiger partial charge in [0, 0.05) is 17.3 Å². The third-order valence-corrected chi connectivity index (χ3v) is 5.68. The number of nitro groups is 1. The van der Waals surface area contributed by atoms with Gasteiger partial charge in [-0.05, 0) is 37.5 Å². The Bertz CT molecular complexity index is 1340. The van der Waals surface area contributed by atoms with Crippen molar-refractivity contribution in [2.45, 2.75) is 39.7 Å². The summed E-state index contributed by atoms with van der Waals surface area (Å²) in [5, 5.41) is 33.4. The van der Waals surface area contributed by atoms with E-state index in [2.05, 4.69) is 23.9 Å². The number of aliphatic carboxylic acids is 2. The van der Waals surface area contributed by atoms with Gasteiger partial charge in [0.1, 0.15) is 0 Å². The van der Waals surface area contributed by atoms with Gasteiger partial charge in [-0.3, -0.25) is 24.6 Å². The zero-order chi connectivity index (χ0) is 25.8. The number of pyridine rings is 1. The Hall–Kier alpha value is -4.34. The molecule has 35 heavy (non-hydrogen) atoms. The average Bonchev–Trinajstić information content (AvgIpc) is 3.22. The molecular weight excluding hydrogens is 452 g/mol. The summed E-state index contributed by atoms with van der Waals surface area (Å²) in [6.45, 7) is 6.19. The molecule has 2 heterocycles. The van der Waals surface area contributed by atoms with Crippen molar-refractivity contribution < 1.29 is 24.7 Å². The second-order valence-corrected chi connectivity index (χ2v) is 8.73. The van der Waals surface area contributed by atoms with Gasteiger partial charge in [-0.2, -0.15) is 5.10 Å². The monoisotopic (exact) mass is 478 g/mol. The number of carboxylic acid groups (broad SMARTS) is 2. The van der Waals surface area contributed by atoms with Crippen LogP contribution < -0.4 is 0 Å². The van der Waals surface area contributed by atoms with Crippen LogP contribution in [-0.4, -0.2) is 41.8 Å². The third-order valence-electron chi connectivity index (χ3n) is 5.68. The Morgan fingerprint density at radius 1 is 1.20 bits per heavy atom. The van der Waals surface area contributed by atoms with E-state index in [9.17, 15) is 19.7 Å². The maximum absolute atomic E-state index is 11.1. The maximum Gasteiger partial charge on any atom is 0.331 e. The Kier molecular flexibility index (Phi) is 7.43. The smallest absolute Gasteiger partial charge is 0.331 e. The first-order chi connectivity index (χ1) is 16.5. The summed E-state index contributed by atoms with van der Waals surface area (Å²) >= 11 is 0. The molecule has 0 spiro atoms. The quantitative estimate of drug-likeness (QED) is 0.387. The van der Waals surface area contributed by atoms with Crippen LogP contribution in [0.15, 0.2) is 66.4 Å². The van der Waals surface area contributed by atoms with E-state index in [1.807, 2.05) is 24.3 Å². The van der Waals surface area contributed by atoms with Crippen molar-refractivity contribution in [3.8, 4) is 0 Å². The van der Waals surface area contributed by atoms with Crippen LogP contribution in [0.1, 0.15) is 44.5 Å². The highest BCUT2D eigenvalue weighted by atomic mass is 16.6. The molecular formula is C25H26N4O6. The second kappa shape index (κ2) is 10.3. The molecule has 3 aromatic rings. The first-order valence-electron chi connectivity index (χ1n) is 10.9. The predicted molar refractivity (Wildman–Crippen MR) is 129 cm³/mol. The van der Waals surface area contributed by atoms with E-state index in [1.54, 1.807) is 16.9 Å². The average molecular weight is 479 g/mol. The van der Waals surface area contributed by atoms with E-state index < -0.39 is 17.4 Å². The summed E-state index contributed by atoms with van der Waals surface area (Å²) in [6, 6.07) is 10.9. The van der Waals surface area contributed by atoms with Gasteiger partial charge in [-0.15, -0.1) is 0 Å². The van der Waals surface area contributed by atoms with Gasteiger partial charge in [0.15, 0.2) is 0 Å². The first-order valence-corrected chi connectivity index (χ1v) is 10.9. The second-order valence-electron chi connectivity index (χ2n) is 8.73. The van der Waals surface area contributed by atoms with Crippen LogP contribution in [0.2, 0.25) is 0 Å². The molecule has 0 radical (unpaired) electrons. The van der Waals surface area contributed by atoms with E-state index in [0.717, 1.165) is 16.9 Å². The van der Waals surface area contributed by atoms with E-state index in [-0.39, 0.29) is 22.6 Å². The van der Waals surface area contributed by atoms with E-state index in [0.29, 0.717) is 17.8 Å². The zero-order valence-corrected chi connectivity index (χ0v) is 19.6.